The van der Waals surface area contributed by atoms with E-state index < -0.39 is 10.0 Å². The molecule has 0 radical (unpaired) electrons. The van der Waals surface area contributed by atoms with Gasteiger partial charge in [0.05, 0.1) is 5.69 Å². The average molecular weight is 304 g/mol. The molecule has 1 aromatic rings. The van der Waals surface area contributed by atoms with E-state index >= 15 is 0 Å². The number of nitrogen functional groups attached to an aromatic ring is 1. The Balaban J connectivity index is 2.37. The highest BCUT2D eigenvalue weighted by Gasteiger charge is 2.34. The standard InChI is InChI=1S/C11H20N4O2S2/c1-4-9-7-15(5-6-18-9)19(16,17)10-8(2)14(3)13-11(10)12/h9H,4-7H2,1-3H3,(H2,12,13). The molecule has 19 heavy (non-hydrogen) atoms. The maximum Gasteiger partial charge on any atom is 0.248 e. The van der Waals surface area contributed by atoms with E-state index in [1.165, 1.54) is 8.99 Å². The van der Waals surface area contributed by atoms with Crippen LogP contribution in [0.3, 0.4) is 0 Å². The maximum absolute atomic E-state index is 12.7. The third-order valence-corrected chi connectivity index (χ3v) is 6.86. The quantitative estimate of drug-likeness (QED) is 0.894. The Morgan fingerprint density at radius 1 is 1.53 bits per heavy atom. The fourth-order valence-corrected chi connectivity index (χ4v) is 5.39. The molecule has 0 aromatic carbocycles. The smallest absolute Gasteiger partial charge is 0.248 e. The summed E-state index contributed by atoms with van der Waals surface area (Å²) >= 11 is 1.83. The summed E-state index contributed by atoms with van der Waals surface area (Å²) in [6, 6.07) is 0. The minimum atomic E-state index is -3.53. The van der Waals surface area contributed by atoms with E-state index in [1.54, 1.807) is 14.0 Å². The summed E-state index contributed by atoms with van der Waals surface area (Å²) in [5.41, 5.74) is 6.35. The van der Waals surface area contributed by atoms with Crippen molar-refractivity contribution in [3.63, 3.8) is 0 Å². The lowest BCUT2D eigenvalue weighted by Crippen LogP contribution is -2.42. The lowest BCUT2D eigenvalue weighted by atomic mass is 10.3. The van der Waals surface area contributed by atoms with Crippen LogP contribution in [0.15, 0.2) is 4.90 Å². The zero-order valence-electron chi connectivity index (χ0n) is 11.5. The molecule has 1 aliphatic heterocycles. The SMILES string of the molecule is CCC1CN(S(=O)(=O)c2c(N)nn(C)c2C)CCS1. The van der Waals surface area contributed by atoms with Crippen molar-refractivity contribution in [1.29, 1.82) is 0 Å². The first-order chi connectivity index (χ1) is 8.87. The summed E-state index contributed by atoms with van der Waals surface area (Å²) in [6.45, 7) is 4.90. The summed E-state index contributed by atoms with van der Waals surface area (Å²) < 4.78 is 28.4. The van der Waals surface area contributed by atoms with Crippen LogP contribution in [-0.2, 0) is 17.1 Å². The van der Waals surface area contributed by atoms with Crippen LogP contribution in [-0.4, -0.2) is 46.6 Å². The van der Waals surface area contributed by atoms with Crippen molar-refractivity contribution in [3.05, 3.63) is 5.69 Å². The second-order valence-corrected chi connectivity index (χ2v) is 7.97. The van der Waals surface area contributed by atoms with E-state index in [9.17, 15) is 8.42 Å². The van der Waals surface area contributed by atoms with Gasteiger partial charge in [-0.3, -0.25) is 4.68 Å². The number of thioether (sulfide) groups is 1. The van der Waals surface area contributed by atoms with Crippen LogP contribution in [0.4, 0.5) is 5.82 Å². The molecule has 6 nitrogen and oxygen atoms in total. The second-order valence-electron chi connectivity index (χ2n) is 4.69. The summed E-state index contributed by atoms with van der Waals surface area (Å²) in [7, 11) is -1.83. The number of anilines is 1. The largest absolute Gasteiger partial charge is 0.381 e. The minimum absolute atomic E-state index is 0.0891. The lowest BCUT2D eigenvalue weighted by Gasteiger charge is -2.31. The number of aromatic nitrogens is 2. The predicted molar refractivity (Wildman–Crippen MR) is 77.7 cm³/mol. The molecule has 2 rings (SSSR count). The molecule has 1 atom stereocenters. The Hall–Kier alpha value is -0.730. The third-order valence-electron chi connectivity index (χ3n) is 3.46. The van der Waals surface area contributed by atoms with Gasteiger partial charge >= 0.3 is 0 Å². The molecule has 0 amide bonds. The van der Waals surface area contributed by atoms with Crippen molar-refractivity contribution in [3.8, 4) is 0 Å². The van der Waals surface area contributed by atoms with E-state index in [2.05, 4.69) is 12.0 Å². The summed E-state index contributed by atoms with van der Waals surface area (Å²) in [5, 5.41) is 4.36. The molecule has 108 valence electrons. The van der Waals surface area contributed by atoms with Crippen molar-refractivity contribution in [2.45, 2.75) is 30.4 Å². The van der Waals surface area contributed by atoms with Gasteiger partial charge in [0.2, 0.25) is 10.0 Å². The van der Waals surface area contributed by atoms with Gasteiger partial charge in [-0.05, 0) is 13.3 Å². The van der Waals surface area contributed by atoms with Crippen molar-refractivity contribution in [2.75, 3.05) is 24.6 Å². The molecule has 1 aromatic heterocycles. The van der Waals surface area contributed by atoms with E-state index in [-0.39, 0.29) is 10.7 Å². The fourth-order valence-electron chi connectivity index (χ4n) is 2.22. The second kappa shape index (κ2) is 5.34. The minimum Gasteiger partial charge on any atom is -0.381 e. The average Bonchev–Trinajstić information content (AvgIpc) is 2.63. The van der Waals surface area contributed by atoms with Crippen molar-refractivity contribution in [2.24, 2.45) is 7.05 Å². The van der Waals surface area contributed by atoms with Gasteiger partial charge in [0.1, 0.15) is 4.90 Å². The Bertz CT molecular complexity index is 567. The van der Waals surface area contributed by atoms with Crippen LogP contribution >= 0.6 is 11.8 Å². The topological polar surface area (TPSA) is 81.2 Å². The molecule has 1 aliphatic rings. The van der Waals surface area contributed by atoms with Gasteiger partial charge in [0.25, 0.3) is 0 Å². The number of aryl methyl sites for hydroxylation is 1. The first-order valence-corrected chi connectivity index (χ1v) is 8.77. The first-order valence-electron chi connectivity index (χ1n) is 6.28. The predicted octanol–water partition coefficient (Wildman–Crippen LogP) is 0.827. The Morgan fingerprint density at radius 3 is 2.74 bits per heavy atom. The van der Waals surface area contributed by atoms with Gasteiger partial charge in [0, 0.05) is 31.1 Å². The molecule has 0 spiro atoms. The highest BCUT2D eigenvalue weighted by atomic mass is 32.2. The van der Waals surface area contributed by atoms with Crippen molar-refractivity contribution < 1.29 is 8.42 Å². The van der Waals surface area contributed by atoms with E-state index in [1.807, 2.05) is 11.8 Å². The van der Waals surface area contributed by atoms with Crippen LogP contribution in [0.2, 0.25) is 0 Å². The van der Waals surface area contributed by atoms with Crippen molar-refractivity contribution >= 4 is 27.6 Å². The van der Waals surface area contributed by atoms with Crippen LogP contribution in [0.5, 0.6) is 0 Å². The molecule has 2 heterocycles. The number of rotatable bonds is 3. The van der Waals surface area contributed by atoms with Crippen LogP contribution in [0, 0.1) is 6.92 Å². The number of sulfonamides is 1. The van der Waals surface area contributed by atoms with Gasteiger partial charge in [-0.2, -0.15) is 21.2 Å². The Kier molecular flexibility index (Phi) is 4.12. The van der Waals surface area contributed by atoms with E-state index in [0.717, 1.165) is 12.2 Å². The number of nitrogens with two attached hydrogens (primary N) is 1. The van der Waals surface area contributed by atoms with E-state index in [4.69, 9.17) is 5.73 Å². The molecule has 1 fully saturated rings. The number of hydrogen-bond donors (Lipinski definition) is 1. The highest BCUT2D eigenvalue weighted by molar-refractivity contribution is 8.00. The van der Waals surface area contributed by atoms with Crippen LogP contribution in [0.25, 0.3) is 0 Å². The maximum atomic E-state index is 12.7. The molecule has 0 aliphatic carbocycles. The number of nitrogens with zero attached hydrogens (tertiary/aromatic N) is 3. The molecule has 2 N–H and O–H groups in total. The molecule has 8 heteroatoms. The van der Waals surface area contributed by atoms with Crippen LogP contribution < -0.4 is 5.73 Å². The third kappa shape index (κ3) is 2.61. The van der Waals surface area contributed by atoms with Gasteiger partial charge in [0.15, 0.2) is 5.82 Å². The monoisotopic (exact) mass is 304 g/mol. The molecular weight excluding hydrogens is 284 g/mol. The van der Waals surface area contributed by atoms with Gasteiger partial charge in [-0.25, -0.2) is 8.42 Å². The molecule has 0 saturated carbocycles. The van der Waals surface area contributed by atoms with Gasteiger partial charge in [-0.15, -0.1) is 0 Å². The highest BCUT2D eigenvalue weighted by Crippen LogP contribution is 2.29. The lowest BCUT2D eigenvalue weighted by molar-refractivity contribution is 0.416. The zero-order chi connectivity index (χ0) is 14.2. The zero-order valence-corrected chi connectivity index (χ0v) is 13.1. The van der Waals surface area contributed by atoms with Crippen molar-refractivity contribution in [1.82, 2.24) is 14.1 Å². The Morgan fingerprint density at radius 2 is 2.21 bits per heavy atom. The summed E-state index contributed by atoms with van der Waals surface area (Å²) in [4.78, 5) is 0.164. The summed E-state index contributed by atoms with van der Waals surface area (Å²) in [5.74, 6) is 0.919. The van der Waals surface area contributed by atoms with Gasteiger partial charge in [-0.1, -0.05) is 6.92 Å². The summed E-state index contributed by atoms with van der Waals surface area (Å²) in [6.07, 6.45) is 0.970. The van der Waals surface area contributed by atoms with E-state index in [0.29, 0.717) is 24.0 Å². The van der Waals surface area contributed by atoms with Crippen LogP contribution in [0.1, 0.15) is 19.0 Å². The Labute approximate surface area is 118 Å². The molecule has 1 saturated heterocycles. The fraction of sp³-hybridized carbons (Fsp3) is 0.727. The normalized spacial score (nSPS) is 21.7. The molecule has 0 bridgehead atoms. The first kappa shape index (κ1) is 14.7. The molecular formula is C11H20N4O2S2. The number of hydrogen-bond acceptors (Lipinski definition) is 5. The molecule has 1 unspecified atom stereocenters. The van der Waals surface area contributed by atoms with Gasteiger partial charge < -0.3 is 5.73 Å².